The number of alkyl halides is 3. The Labute approximate surface area is 95.8 Å². The second kappa shape index (κ2) is 6.29. The van der Waals surface area contributed by atoms with Crippen LogP contribution >= 0.6 is 0 Å². The largest absolute Gasteiger partial charge is 0.411 e. The van der Waals surface area contributed by atoms with E-state index in [-0.39, 0.29) is 30.9 Å². The van der Waals surface area contributed by atoms with E-state index in [4.69, 9.17) is 0 Å². The minimum absolute atomic E-state index is 0.0938. The first-order chi connectivity index (χ1) is 7.99. The second-order valence-electron chi connectivity index (χ2n) is 3.29. The van der Waals surface area contributed by atoms with Crippen LogP contribution < -0.4 is 0 Å². The van der Waals surface area contributed by atoms with E-state index in [1.807, 2.05) is 0 Å². The summed E-state index contributed by atoms with van der Waals surface area (Å²) in [7, 11) is 0. The quantitative estimate of drug-likeness (QED) is 0.571. The minimum atomic E-state index is -4.32. The fraction of sp³-hybridized carbons (Fsp3) is 0.500. The predicted molar refractivity (Wildman–Crippen MR) is 52.5 cm³/mol. The Hall–Kier alpha value is -1.50. The van der Waals surface area contributed by atoms with E-state index < -0.39 is 12.8 Å². The topological polar surface area (TPSA) is 52.1 Å². The van der Waals surface area contributed by atoms with Crippen LogP contribution in [0, 0.1) is 0 Å². The van der Waals surface area contributed by atoms with Crippen molar-refractivity contribution in [3.63, 3.8) is 0 Å². The maximum Gasteiger partial charge on any atom is 0.411 e. The second-order valence-corrected chi connectivity index (χ2v) is 3.29. The number of carbonyl (C=O) groups is 1. The van der Waals surface area contributed by atoms with Gasteiger partial charge in [0.25, 0.3) is 0 Å². The molecule has 0 radical (unpaired) electrons. The lowest BCUT2D eigenvalue weighted by Gasteiger charge is -2.06. The number of rotatable bonds is 6. The highest BCUT2D eigenvalue weighted by atomic mass is 19.4. The Morgan fingerprint density at radius 3 is 2.71 bits per heavy atom. The Balaban J connectivity index is 2.18. The molecule has 1 rings (SSSR count). The van der Waals surface area contributed by atoms with Crippen molar-refractivity contribution < 1.29 is 22.7 Å². The van der Waals surface area contributed by atoms with Crippen molar-refractivity contribution in [1.82, 2.24) is 9.97 Å². The lowest BCUT2D eigenvalue weighted by molar-refractivity contribution is -0.173. The van der Waals surface area contributed by atoms with Crippen LogP contribution in [0.4, 0.5) is 13.2 Å². The van der Waals surface area contributed by atoms with Crippen molar-refractivity contribution in [2.24, 2.45) is 0 Å². The molecular weight excluding hydrogens is 237 g/mol. The fourth-order valence-electron chi connectivity index (χ4n) is 1.09. The highest BCUT2D eigenvalue weighted by Crippen LogP contribution is 2.14. The predicted octanol–water partition coefficient (Wildman–Crippen LogP) is 2.02. The number of halogens is 3. The summed E-state index contributed by atoms with van der Waals surface area (Å²) in [4.78, 5) is 18.9. The van der Waals surface area contributed by atoms with Crippen molar-refractivity contribution in [3.8, 4) is 0 Å². The molecule has 0 atom stereocenters. The molecule has 7 heteroatoms. The van der Waals surface area contributed by atoms with Gasteiger partial charge in [0.2, 0.25) is 0 Å². The Bertz CT molecular complexity index is 354. The van der Waals surface area contributed by atoms with Gasteiger partial charge in [-0.15, -0.1) is 0 Å². The van der Waals surface area contributed by atoms with E-state index in [1.54, 1.807) is 0 Å². The molecule has 0 amide bonds. The SMILES string of the molecule is O=C(CCCOCC(F)(F)F)c1cnccn1. The van der Waals surface area contributed by atoms with Crippen LogP contribution in [-0.4, -0.2) is 35.1 Å². The van der Waals surface area contributed by atoms with Crippen molar-refractivity contribution in [2.45, 2.75) is 19.0 Å². The van der Waals surface area contributed by atoms with Gasteiger partial charge in [-0.2, -0.15) is 13.2 Å². The molecule has 0 fully saturated rings. The molecule has 0 aliphatic rings. The number of carbonyl (C=O) groups excluding carboxylic acids is 1. The van der Waals surface area contributed by atoms with Crippen molar-refractivity contribution in [2.75, 3.05) is 13.2 Å². The number of ether oxygens (including phenoxy) is 1. The van der Waals surface area contributed by atoms with E-state index in [9.17, 15) is 18.0 Å². The normalized spacial score (nSPS) is 11.5. The number of Topliss-reactive ketones (excluding diaryl/α,β-unsaturated/α-hetero) is 1. The molecule has 0 aromatic carbocycles. The van der Waals surface area contributed by atoms with E-state index in [2.05, 4.69) is 14.7 Å². The van der Waals surface area contributed by atoms with Gasteiger partial charge in [0, 0.05) is 25.4 Å². The molecule has 0 saturated heterocycles. The van der Waals surface area contributed by atoms with Crippen LogP contribution in [0.3, 0.4) is 0 Å². The molecule has 0 N–H and O–H groups in total. The third-order valence-electron chi connectivity index (χ3n) is 1.81. The zero-order chi connectivity index (χ0) is 12.7. The summed E-state index contributed by atoms with van der Waals surface area (Å²) in [5.41, 5.74) is 0.211. The van der Waals surface area contributed by atoms with Gasteiger partial charge in [0.1, 0.15) is 12.3 Å². The number of ketones is 1. The summed E-state index contributed by atoms with van der Waals surface area (Å²) in [5, 5.41) is 0. The zero-order valence-electron chi connectivity index (χ0n) is 8.91. The van der Waals surface area contributed by atoms with Gasteiger partial charge < -0.3 is 4.74 Å². The summed E-state index contributed by atoms with van der Waals surface area (Å²) in [6, 6.07) is 0. The summed E-state index contributed by atoms with van der Waals surface area (Å²) >= 11 is 0. The van der Waals surface area contributed by atoms with Crippen molar-refractivity contribution >= 4 is 5.78 Å². The molecular formula is C10H11F3N2O2. The molecule has 0 aliphatic carbocycles. The first kappa shape index (κ1) is 13.6. The van der Waals surface area contributed by atoms with Crippen molar-refractivity contribution in [3.05, 3.63) is 24.3 Å². The van der Waals surface area contributed by atoms with E-state index in [1.165, 1.54) is 18.6 Å². The van der Waals surface area contributed by atoms with E-state index in [0.29, 0.717) is 0 Å². The van der Waals surface area contributed by atoms with E-state index >= 15 is 0 Å². The van der Waals surface area contributed by atoms with Crippen LogP contribution in [-0.2, 0) is 4.74 Å². The maximum absolute atomic E-state index is 11.7. The Morgan fingerprint density at radius 1 is 1.35 bits per heavy atom. The lowest BCUT2D eigenvalue weighted by atomic mass is 10.2. The average Bonchev–Trinajstić information content (AvgIpc) is 2.28. The number of aromatic nitrogens is 2. The standard InChI is InChI=1S/C10H11F3N2O2/c11-10(12,13)7-17-5-1-2-9(16)8-6-14-3-4-15-8/h3-4,6H,1-2,5,7H2. The summed E-state index contributed by atoms with van der Waals surface area (Å²) in [6.45, 7) is -1.39. The van der Waals surface area contributed by atoms with Gasteiger partial charge in [-0.25, -0.2) is 4.98 Å². The molecule has 0 spiro atoms. The van der Waals surface area contributed by atoms with Gasteiger partial charge in [-0.05, 0) is 6.42 Å². The first-order valence-electron chi connectivity index (χ1n) is 4.93. The summed E-state index contributed by atoms with van der Waals surface area (Å²) in [6.07, 6.45) is 0.131. The van der Waals surface area contributed by atoms with Crippen LogP contribution in [0.1, 0.15) is 23.3 Å². The van der Waals surface area contributed by atoms with Gasteiger partial charge >= 0.3 is 6.18 Å². The van der Waals surface area contributed by atoms with Crippen LogP contribution in [0.25, 0.3) is 0 Å². The van der Waals surface area contributed by atoms with Gasteiger partial charge in [-0.1, -0.05) is 0 Å². The fourth-order valence-corrected chi connectivity index (χ4v) is 1.09. The van der Waals surface area contributed by atoms with Crippen LogP contribution in [0.2, 0.25) is 0 Å². The molecule has 17 heavy (non-hydrogen) atoms. The molecule has 94 valence electrons. The number of nitrogens with zero attached hydrogens (tertiary/aromatic N) is 2. The Morgan fingerprint density at radius 2 is 2.12 bits per heavy atom. The number of hydrogen-bond donors (Lipinski definition) is 0. The monoisotopic (exact) mass is 248 g/mol. The highest BCUT2D eigenvalue weighted by molar-refractivity contribution is 5.93. The molecule has 1 aromatic rings. The van der Waals surface area contributed by atoms with Gasteiger partial charge in [0.05, 0.1) is 6.20 Å². The lowest BCUT2D eigenvalue weighted by Crippen LogP contribution is -2.17. The van der Waals surface area contributed by atoms with Gasteiger partial charge in [0.15, 0.2) is 5.78 Å². The molecule has 0 unspecified atom stereocenters. The molecule has 1 aromatic heterocycles. The third kappa shape index (κ3) is 5.96. The molecule has 0 saturated carbocycles. The number of hydrogen-bond acceptors (Lipinski definition) is 4. The van der Waals surface area contributed by atoms with Crippen LogP contribution in [0.5, 0.6) is 0 Å². The van der Waals surface area contributed by atoms with Gasteiger partial charge in [-0.3, -0.25) is 9.78 Å². The van der Waals surface area contributed by atoms with Crippen molar-refractivity contribution in [1.29, 1.82) is 0 Å². The minimum Gasteiger partial charge on any atom is -0.372 e. The molecule has 0 aliphatic heterocycles. The molecule has 1 heterocycles. The maximum atomic E-state index is 11.7. The molecule has 0 bridgehead atoms. The average molecular weight is 248 g/mol. The Kier molecular flexibility index (Phi) is 5.02. The first-order valence-corrected chi connectivity index (χ1v) is 4.93. The van der Waals surface area contributed by atoms with Crippen LogP contribution in [0.15, 0.2) is 18.6 Å². The molecule has 4 nitrogen and oxygen atoms in total. The van der Waals surface area contributed by atoms with E-state index in [0.717, 1.165) is 0 Å². The third-order valence-corrected chi connectivity index (χ3v) is 1.81. The zero-order valence-corrected chi connectivity index (χ0v) is 8.91. The highest BCUT2D eigenvalue weighted by Gasteiger charge is 2.27. The smallest absolute Gasteiger partial charge is 0.372 e. The summed E-state index contributed by atoms with van der Waals surface area (Å²) in [5.74, 6) is -0.256. The summed E-state index contributed by atoms with van der Waals surface area (Å²) < 4.78 is 39.5.